The van der Waals surface area contributed by atoms with Crippen LogP contribution in [0.25, 0.3) is 0 Å². The molecule has 19 heavy (non-hydrogen) atoms. The van der Waals surface area contributed by atoms with Gasteiger partial charge < -0.3 is 9.80 Å². The highest BCUT2D eigenvalue weighted by Crippen LogP contribution is 2.16. The summed E-state index contributed by atoms with van der Waals surface area (Å²) >= 11 is 5.62. The van der Waals surface area contributed by atoms with E-state index in [9.17, 15) is 0 Å². The predicted molar refractivity (Wildman–Crippen MR) is 84.6 cm³/mol. The van der Waals surface area contributed by atoms with Crippen LogP contribution in [-0.4, -0.2) is 65.0 Å². The molecule has 2 rings (SSSR count). The molecular weight excluding hydrogens is 256 g/mol. The fourth-order valence-corrected chi connectivity index (χ4v) is 2.97. The summed E-state index contributed by atoms with van der Waals surface area (Å²) in [5.41, 5.74) is 0. The molecule has 0 saturated carbocycles. The Kier molecular flexibility index (Phi) is 5.43. The van der Waals surface area contributed by atoms with Gasteiger partial charge in [0.25, 0.3) is 0 Å². The number of thiocarbonyl (C=S) groups is 1. The molecule has 0 unspecified atom stereocenters. The summed E-state index contributed by atoms with van der Waals surface area (Å²) in [5, 5.41) is 0.982. The van der Waals surface area contributed by atoms with Gasteiger partial charge in [0.15, 0.2) is 5.11 Å². The quantitative estimate of drug-likeness (QED) is 0.696. The molecule has 108 valence electrons. The molecule has 0 bridgehead atoms. The molecule has 0 spiro atoms. The van der Waals surface area contributed by atoms with Crippen LogP contribution >= 0.6 is 12.2 Å². The van der Waals surface area contributed by atoms with Crippen LogP contribution in [0.5, 0.6) is 0 Å². The zero-order chi connectivity index (χ0) is 13.7. The lowest BCUT2D eigenvalue weighted by molar-refractivity contribution is 0.406. The van der Waals surface area contributed by atoms with Gasteiger partial charge in [-0.15, -0.1) is 0 Å². The molecule has 5 heteroatoms. The van der Waals surface area contributed by atoms with Gasteiger partial charge in [0.2, 0.25) is 5.96 Å². The van der Waals surface area contributed by atoms with E-state index in [-0.39, 0.29) is 0 Å². The van der Waals surface area contributed by atoms with Crippen molar-refractivity contribution in [1.29, 1.82) is 0 Å². The Balaban J connectivity index is 1.93. The van der Waals surface area contributed by atoms with Crippen molar-refractivity contribution in [3.8, 4) is 0 Å². The third-order valence-electron chi connectivity index (χ3n) is 3.81. The first-order valence-electron chi connectivity index (χ1n) is 7.63. The Bertz CT molecular complexity index is 342. The van der Waals surface area contributed by atoms with Gasteiger partial charge in [-0.2, -0.15) is 0 Å². The Labute approximate surface area is 122 Å². The van der Waals surface area contributed by atoms with E-state index in [1.807, 2.05) is 0 Å². The molecule has 0 aliphatic carbocycles. The van der Waals surface area contributed by atoms with Gasteiger partial charge in [0, 0.05) is 32.7 Å². The Morgan fingerprint density at radius 2 is 1.68 bits per heavy atom. The van der Waals surface area contributed by atoms with Crippen molar-refractivity contribution in [2.75, 3.05) is 39.3 Å². The van der Waals surface area contributed by atoms with Crippen LogP contribution in [0.15, 0.2) is 4.99 Å². The van der Waals surface area contributed by atoms with Crippen molar-refractivity contribution in [3.63, 3.8) is 0 Å². The molecule has 2 aliphatic heterocycles. The number of guanidine groups is 1. The van der Waals surface area contributed by atoms with Gasteiger partial charge in [-0.05, 0) is 25.1 Å². The Hall–Kier alpha value is -0.840. The lowest BCUT2D eigenvalue weighted by Crippen LogP contribution is -2.44. The van der Waals surface area contributed by atoms with Crippen LogP contribution in [-0.2, 0) is 0 Å². The first-order valence-corrected chi connectivity index (χ1v) is 8.04. The summed E-state index contributed by atoms with van der Waals surface area (Å²) in [6, 6.07) is 0. The van der Waals surface area contributed by atoms with Gasteiger partial charge in [0.05, 0.1) is 6.54 Å². The van der Waals surface area contributed by atoms with E-state index in [4.69, 9.17) is 12.2 Å². The normalized spacial score (nSPS) is 19.6. The van der Waals surface area contributed by atoms with E-state index < -0.39 is 0 Å². The highest BCUT2D eigenvalue weighted by atomic mass is 32.1. The summed E-state index contributed by atoms with van der Waals surface area (Å²) in [5.74, 6) is 1.12. The van der Waals surface area contributed by atoms with Crippen LogP contribution in [0.2, 0.25) is 0 Å². The van der Waals surface area contributed by atoms with Crippen molar-refractivity contribution < 1.29 is 0 Å². The third-order valence-corrected chi connectivity index (χ3v) is 4.28. The first-order chi connectivity index (χ1) is 9.27. The largest absolute Gasteiger partial charge is 0.347 e. The first kappa shape index (κ1) is 14.6. The highest BCUT2D eigenvalue weighted by molar-refractivity contribution is 7.80. The maximum atomic E-state index is 5.62. The molecule has 0 aromatic rings. The van der Waals surface area contributed by atoms with E-state index in [2.05, 4.69) is 33.5 Å². The molecule has 1 saturated heterocycles. The average molecular weight is 282 g/mol. The maximum Gasteiger partial charge on any atom is 0.203 e. The van der Waals surface area contributed by atoms with Crippen LogP contribution < -0.4 is 0 Å². The zero-order valence-corrected chi connectivity index (χ0v) is 13.1. The predicted octanol–water partition coefficient (Wildman–Crippen LogP) is 2.16. The van der Waals surface area contributed by atoms with Crippen molar-refractivity contribution in [2.45, 2.75) is 39.5 Å². The summed E-state index contributed by atoms with van der Waals surface area (Å²) in [7, 11) is 0. The van der Waals surface area contributed by atoms with E-state index in [0.717, 1.165) is 50.3 Å². The number of rotatable bonds is 6. The number of nitrogens with zero attached hydrogens (tertiary/aromatic N) is 4. The van der Waals surface area contributed by atoms with Crippen molar-refractivity contribution in [2.24, 2.45) is 4.99 Å². The smallest absolute Gasteiger partial charge is 0.203 e. The van der Waals surface area contributed by atoms with Gasteiger partial charge in [0.1, 0.15) is 0 Å². The van der Waals surface area contributed by atoms with Gasteiger partial charge >= 0.3 is 0 Å². The van der Waals surface area contributed by atoms with E-state index in [1.165, 1.54) is 25.7 Å². The summed E-state index contributed by atoms with van der Waals surface area (Å²) in [6.07, 6.45) is 4.92. The molecular formula is C14H26N4S. The minimum Gasteiger partial charge on any atom is -0.347 e. The fourth-order valence-electron chi connectivity index (χ4n) is 2.61. The van der Waals surface area contributed by atoms with E-state index >= 15 is 0 Å². The standard InChI is InChI=1S/C14H26N4S/c1-3-5-8-16-10-7-15-13(16)18-12-11-17(14(18)19)9-6-4-2/h3-12H2,1-2H3. The highest BCUT2D eigenvalue weighted by Gasteiger charge is 2.32. The fraction of sp³-hybridized carbons (Fsp3) is 0.857. The lowest BCUT2D eigenvalue weighted by Gasteiger charge is -2.28. The maximum absolute atomic E-state index is 5.62. The molecule has 0 aromatic carbocycles. The molecule has 2 aliphatic rings. The summed E-state index contributed by atoms with van der Waals surface area (Å²) in [4.78, 5) is 11.6. The second kappa shape index (κ2) is 7.08. The summed E-state index contributed by atoms with van der Waals surface area (Å²) < 4.78 is 0. The van der Waals surface area contributed by atoms with Crippen molar-refractivity contribution in [3.05, 3.63) is 0 Å². The van der Waals surface area contributed by atoms with E-state index in [1.54, 1.807) is 0 Å². The molecule has 0 aromatic heterocycles. The second-order valence-corrected chi connectivity index (χ2v) is 5.66. The van der Waals surface area contributed by atoms with Gasteiger partial charge in [-0.3, -0.25) is 9.89 Å². The molecule has 0 atom stereocenters. The molecule has 0 amide bonds. The molecule has 2 heterocycles. The van der Waals surface area contributed by atoms with Gasteiger partial charge in [-0.25, -0.2) is 0 Å². The second-order valence-electron chi connectivity index (χ2n) is 5.30. The minimum atomic E-state index is 0.924. The van der Waals surface area contributed by atoms with Crippen LogP contribution in [0, 0.1) is 0 Å². The topological polar surface area (TPSA) is 22.1 Å². The van der Waals surface area contributed by atoms with Gasteiger partial charge in [-0.1, -0.05) is 26.7 Å². The van der Waals surface area contributed by atoms with Crippen molar-refractivity contribution >= 4 is 23.3 Å². The Morgan fingerprint density at radius 3 is 2.37 bits per heavy atom. The van der Waals surface area contributed by atoms with E-state index in [0.29, 0.717) is 0 Å². The SMILES string of the molecule is CCCCN1CCN(C2=NCCN2CCCC)C1=S. The van der Waals surface area contributed by atoms with Crippen LogP contribution in [0.1, 0.15) is 39.5 Å². The summed E-state index contributed by atoms with van der Waals surface area (Å²) in [6.45, 7) is 10.7. The molecule has 4 nitrogen and oxygen atoms in total. The monoisotopic (exact) mass is 282 g/mol. The average Bonchev–Trinajstić information content (AvgIpc) is 3.00. The zero-order valence-electron chi connectivity index (χ0n) is 12.3. The van der Waals surface area contributed by atoms with Crippen molar-refractivity contribution in [1.82, 2.24) is 14.7 Å². The lowest BCUT2D eigenvalue weighted by atomic mass is 10.3. The molecule has 1 fully saturated rings. The molecule has 0 N–H and O–H groups in total. The number of aliphatic imine (C=N–C) groups is 1. The number of hydrogen-bond acceptors (Lipinski definition) is 3. The van der Waals surface area contributed by atoms with Crippen LogP contribution in [0.3, 0.4) is 0 Å². The minimum absolute atomic E-state index is 0.924. The third kappa shape index (κ3) is 3.38. The molecule has 0 radical (unpaired) electrons. The Morgan fingerprint density at radius 1 is 1.00 bits per heavy atom. The number of hydrogen-bond donors (Lipinski definition) is 0. The van der Waals surface area contributed by atoms with Crippen LogP contribution in [0.4, 0.5) is 0 Å². The number of unbranched alkanes of at least 4 members (excludes halogenated alkanes) is 2.